The molecule has 0 saturated carbocycles. The Kier molecular flexibility index (Phi) is 1.34. The average Bonchev–Trinajstić information content (AvgIpc) is 2.50. The molecule has 0 amide bonds. The summed E-state index contributed by atoms with van der Waals surface area (Å²) in [5.74, 6) is 0. The van der Waals surface area contributed by atoms with Crippen LogP contribution in [0.25, 0.3) is 15.1 Å². The number of benzene rings is 1. The Hall–Kier alpha value is -1.40. The zero-order valence-electron chi connectivity index (χ0n) is 5.61. The molecule has 0 aliphatic rings. The van der Waals surface area contributed by atoms with Gasteiger partial charge in [0.15, 0.2) is 5.69 Å². The highest BCUT2D eigenvalue weighted by atomic mass is 32.1. The van der Waals surface area contributed by atoms with E-state index in [0.717, 1.165) is 10.2 Å². The summed E-state index contributed by atoms with van der Waals surface area (Å²) in [6, 6.07) is 5.52. The van der Waals surface area contributed by atoms with E-state index < -0.39 is 0 Å². The maximum Gasteiger partial charge on any atom is 0.188 e. The molecule has 11 heavy (non-hydrogen) atoms. The summed E-state index contributed by atoms with van der Waals surface area (Å²) in [5.41, 5.74) is 3.45. The van der Waals surface area contributed by atoms with Crippen LogP contribution in [0.2, 0.25) is 0 Å². The minimum Gasteiger partial charge on any atom is -0.245 e. The summed E-state index contributed by atoms with van der Waals surface area (Å²) < 4.78 is 1.08. The lowest BCUT2D eigenvalue weighted by Crippen LogP contribution is -1.63. The van der Waals surface area contributed by atoms with Gasteiger partial charge in [-0.1, -0.05) is 6.07 Å². The van der Waals surface area contributed by atoms with Crippen molar-refractivity contribution in [2.75, 3.05) is 0 Å². The molecule has 0 aliphatic heterocycles. The molecule has 2 rings (SSSR count). The minimum atomic E-state index is 0.682. The van der Waals surface area contributed by atoms with Gasteiger partial charge in [0.05, 0.1) is 17.6 Å². The molecule has 1 aromatic heterocycles. The first-order chi connectivity index (χ1) is 5.40. The van der Waals surface area contributed by atoms with Crippen LogP contribution < -0.4 is 0 Å². The van der Waals surface area contributed by atoms with Crippen molar-refractivity contribution in [3.8, 4) is 0 Å². The normalized spacial score (nSPS) is 9.73. The summed E-state index contributed by atoms with van der Waals surface area (Å²) in [7, 11) is 0. The summed E-state index contributed by atoms with van der Waals surface area (Å²) in [6.45, 7) is 6.78. The zero-order valence-corrected chi connectivity index (χ0v) is 6.43. The number of aromatic nitrogens is 1. The molecule has 1 heterocycles. The summed E-state index contributed by atoms with van der Waals surface area (Å²) in [4.78, 5) is 7.44. The van der Waals surface area contributed by atoms with Crippen LogP contribution in [-0.4, -0.2) is 4.98 Å². The van der Waals surface area contributed by atoms with Crippen LogP contribution in [-0.2, 0) is 0 Å². The molecule has 0 saturated heterocycles. The number of nitrogens with zero attached hydrogens (tertiary/aromatic N) is 2. The fraction of sp³-hybridized carbons (Fsp3) is 0. The third-order valence-corrected chi connectivity index (χ3v) is 2.24. The first kappa shape index (κ1) is 6.32. The molecule has 52 valence electrons. The van der Waals surface area contributed by atoms with Gasteiger partial charge in [-0.2, -0.15) is 0 Å². The molecule has 2 nitrogen and oxygen atoms in total. The van der Waals surface area contributed by atoms with Crippen LogP contribution in [0, 0.1) is 6.57 Å². The van der Waals surface area contributed by atoms with Gasteiger partial charge in [-0.3, -0.25) is 0 Å². The summed E-state index contributed by atoms with van der Waals surface area (Å²) in [5, 5.41) is 0. The molecule has 1 aromatic carbocycles. The third-order valence-electron chi connectivity index (χ3n) is 1.44. The molecule has 0 aliphatic carbocycles. The highest BCUT2D eigenvalue weighted by molar-refractivity contribution is 7.16. The maximum atomic E-state index is 6.78. The van der Waals surface area contributed by atoms with Crippen molar-refractivity contribution < 1.29 is 0 Å². The Bertz CT molecular complexity index is 425. The van der Waals surface area contributed by atoms with Gasteiger partial charge in [-0.25, -0.2) is 9.83 Å². The first-order valence-corrected chi connectivity index (χ1v) is 3.99. The smallest absolute Gasteiger partial charge is 0.188 e. The van der Waals surface area contributed by atoms with Crippen molar-refractivity contribution >= 4 is 27.2 Å². The third kappa shape index (κ3) is 0.975. The van der Waals surface area contributed by atoms with E-state index in [1.165, 1.54) is 0 Å². The molecular formula is C8H4N2S. The van der Waals surface area contributed by atoms with E-state index in [-0.39, 0.29) is 0 Å². The van der Waals surface area contributed by atoms with Crippen molar-refractivity contribution in [1.29, 1.82) is 0 Å². The SMILES string of the molecule is [C-]#[N+]c1ccc2ncsc2c1. The molecule has 0 unspecified atom stereocenters. The van der Waals surface area contributed by atoms with Crippen molar-refractivity contribution in [1.82, 2.24) is 4.98 Å². The summed E-state index contributed by atoms with van der Waals surface area (Å²) >= 11 is 1.56. The topological polar surface area (TPSA) is 17.2 Å². The average molecular weight is 160 g/mol. The van der Waals surface area contributed by atoms with E-state index in [4.69, 9.17) is 6.57 Å². The van der Waals surface area contributed by atoms with Gasteiger partial charge in [0.2, 0.25) is 0 Å². The lowest BCUT2D eigenvalue weighted by molar-refractivity contribution is 1.50. The zero-order chi connectivity index (χ0) is 7.68. The molecule has 0 radical (unpaired) electrons. The van der Waals surface area contributed by atoms with Gasteiger partial charge in [0, 0.05) is 4.70 Å². The standard InChI is InChI=1S/C8H4N2S/c1-9-6-2-3-7-8(4-6)11-5-10-7/h2-5H. The largest absolute Gasteiger partial charge is 0.245 e. The molecule has 3 heteroatoms. The molecule has 0 atom stereocenters. The van der Waals surface area contributed by atoms with E-state index in [0.29, 0.717) is 5.69 Å². The molecule has 0 N–H and O–H groups in total. The Morgan fingerprint density at radius 2 is 2.36 bits per heavy atom. The van der Waals surface area contributed by atoms with E-state index in [1.54, 1.807) is 22.9 Å². The maximum absolute atomic E-state index is 6.78. The Balaban J connectivity index is 2.79. The molecule has 0 spiro atoms. The lowest BCUT2D eigenvalue weighted by atomic mass is 10.3. The van der Waals surface area contributed by atoms with Crippen LogP contribution in [0.15, 0.2) is 23.7 Å². The monoisotopic (exact) mass is 160 g/mol. The molecule has 0 bridgehead atoms. The predicted octanol–water partition coefficient (Wildman–Crippen LogP) is 2.85. The van der Waals surface area contributed by atoms with Gasteiger partial charge >= 0.3 is 0 Å². The van der Waals surface area contributed by atoms with Gasteiger partial charge in [0.25, 0.3) is 0 Å². The second-order valence-corrected chi connectivity index (χ2v) is 3.00. The fourth-order valence-electron chi connectivity index (χ4n) is 0.913. The lowest BCUT2D eigenvalue weighted by Gasteiger charge is -1.86. The van der Waals surface area contributed by atoms with Crippen molar-refractivity contribution in [2.24, 2.45) is 0 Å². The number of hydrogen-bond donors (Lipinski definition) is 0. The van der Waals surface area contributed by atoms with Crippen LogP contribution in [0.5, 0.6) is 0 Å². The number of hydrogen-bond acceptors (Lipinski definition) is 2. The van der Waals surface area contributed by atoms with Crippen LogP contribution >= 0.6 is 11.3 Å². The van der Waals surface area contributed by atoms with E-state index in [9.17, 15) is 0 Å². The van der Waals surface area contributed by atoms with Gasteiger partial charge in [-0.15, -0.1) is 11.3 Å². The number of thiazole rings is 1. The van der Waals surface area contributed by atoms with E-state index in [2.05, 4.69) is 9.83 Å². The number of rotatable bonds is 0. The van der Waals surface area contributed by atoms with Crippen LogP contribution in [0.1, 0.15) is 0 Å². The highest BCUT2D eigenvalue weighted by Gasteiger charge is 1.96. The Morgan fingerprint density at radius 1 is 1.45 bits per heavy atom. The van der Waals surface area contributed by atoms with E-state index in [1.807, 2.05) is 12.1 Å². The van der Waals surface area contributed by atoms with Crippen LogP contribution in [0.4, 0.5) is 5.69 Å². The minimum absolute atomic E-state index is 0.682. The molecular weight excluding hydrogens is 156 g/mol. The van der Waals surface area contributed by atoms with Crippen molar-refractivity contribution in [3.63, 3.8) is 0 Å². The van der Waals surface area contributed by atoms with Gasteiger partial charge in [0.1, 0.15) is 0 Å². The van der Waals surface area contributed by atoms with Gasteiger partial charge in [-0.05, 0) is 12.1 Å². The predicted molar refractivity (Wildman–Crippen MR) is 45.9 cm³/mol. The Morgan fingerprint density at radius 3 is 3.18 bits per heavy atom. The van der Waals surface area contributed by atoms with E-state index >= 15 is 0 Å². The molecule has 0 fully saturated rings. The van der Waals surface area contributed by atoms with Gasteiger partial charge < -0.3 is 0 Å². The second-order valence-electron chi connectivity index (χ2n) is 2.12. The Labute approximate surface area is 67.9 Å². The summed E-state index contributed by atoms with van der Waals surface area (Å²) in [6.07, 6.45) is 0. The quantitative estimate of drug-likeness (QED) is 0.541. The second kappa shape index (κ2) is 2.33. The number of fused-ring (bicyclic) bond motifs is 1. The van der Waals surface area contributed by atoms with Crippen molar-refractivity contribution in [2.45, 2.75) is 0 Å². The fourth-order valence-corrected chi connectivity index (χ4v) is 1.62. The van der Waals surface area contributed by atoms with Crippen LogP contribution in [0.3, 0.4) is 0 Å². The van der Waals surface area contributed by atoms with Crippen molar-refractivity contribution in [3.05, 3.63) is 35.1 Å². The first-order valence-electron chi connectivity index (χ1n) is 3.11. The highest BCUT2D eigenvalue weighted by Crippen LogP contribution is 2.23. The molecule has 2 aromatic rings.